The van der Waals surface area contributed by atoms with E-state index in [0.29, 0.717) is 48.4 Å². The minimum Gasteiger partial charge on any atom is -0.493 e. The fourth-order valence-electron chi connectivity index (χ4n) is 4.35. The smallest absolute Gasteiger partial charge is 0.262 e. The number of para-hydroxylation sites is 1. The van der Waals surface area contributed by atoms with Crippen LogP contribution in [0.4, 0.5) is 15.8 Å². The van der Waals surface area contributed by atoms with Crippen LogP contribution < -0.4 is 19.7 Å². The zero-order valence-electron chi connectivity index (χ0n) is 20.7. The van der Waals surface area contributed by atoms with Crippen molar-refractivity contribution in [2.45, 2.75) is 13.8 Å². The first kappa shape index (κ1) is 25.4. The molecule has 0 unspecified atom stereocenters. The summed E-state index contributed by atoms with van der Waals surface area (Å²) in [7, 11) is 1.55. The highest BCUT2D eigenvalue weighted by Crippen LogP contribution is 2.29. The van der Waals surface area contributed by atoms with E-state index in [-0.39, 0.29) is 18.3 Å². The Kier molecular flexibility index (Phi) is 8.05. The first-order valence-electron chi connectivity index (χ1n) is 11.8. The molecule has 4 rings (SSSR count). The summed E-state index contributed by atoms with van der Waals surface area (Å²) < 4.78 is 25.4. The SMILES string of the molecule is COc1cc(C(=S)N2CCN(c3ccccc3F)CC2)ccc1OCC(=O)Nc1cc(C)cc(C)c1. The number of carbonyl (C=O) groups excluding carboxylic acids is 1. The van der Waals surface area contributed by atoms with Crippen LogP contribution in [0.1, 0.15) is 16.7 Å². The second kappa shape index (κ2) is 11.4. The van der Waals surface area contributed by atoms with Gasteiger partial charge in [0.15, 0.2) is 18.1 Å². The number of hydrogen-bond donors (Lipinski definition) is 1. The average molecular weight is 508 g/mol. The summed E-state index contributed by atoms with van der Waals surface area (Å²) in [6.45, 7) is 6.55. The summed E-state index contributed by atoms with van der Waals surface area (Å²) in [6.07, 6.45) is 0. The summed E-state index contributed by atoms with van der Waals surface area (Å²) in [6, 6.07) is 18.2. The Morgan fingerprint density at radius 1 is 0.972 bits per heavy atom. The number of hydrogen-bond acceptors (Lipinski definition) is 5. The number of nitrogens with one attached hydrogen (secondary N) is 1. The molecule has 3 aromatic carbocycles. The highest BCUT2D eigenvalue weighted by atomic mass is 32.1. The van der Waals surface area contributed by atoms with Gasteiger partial charge in [0.1, 0.15) is 10.8 Å². The van der Waals surface area contributed by atoms with Gasteiger partial charge in [-0.1, -0.05) is 30.4 Å². The number of piperazine rings is 1. The summed E-state index contributed by atoms with van der Waals surface area (Å²) in [5.74, 6) is 0.494. The molecule has 36 heavy (non-hydrogen) atoms. The predicted octanol–water partition coefficient (Wildman–Crippen LogP) is 4.97. The van der Waals surface area contributed by atoms with E-state index in [9.17, 15) is 9.18 Å². The number of rotatable bonds is 7. The van der Waals surface area contributed by atoms with Crippen molar-refractivity contribution in [2.24, 2.45) is 0 Å². The number of anilines is 2. The van der Waals surface area contributed by atoms with Crippen LogP contribution in [0.15, 0.2) is 60.7 Å². The van der Waals surface area contributed by atoms with Gasteiger partial charge in [0.2, 0.25) is 0 Å². The van der Waals surface area contributed by atoms with Gasteiger partial charge < -0.3 is 24.6 Å². The molecule has 8 heteroatoms. The highest BCUT2D eigenvalue weighted by molar-refractivity contribution is 7.80. The van der Waals surface area contributed by atoms with Crippen LogP contribution in [0.25, 0.3) is 0 Å². The Morgan fingerprint density at radius 2 is 1.67 bits per heavy atom. The largest absolute Gasteiger partial charge is 0.493 e. The van der Waals surface area contributed by atoms with E-state index < -0.39 is 0 Å². The molecular formula is C28H30FN3O3S. The van der Waals surface area contributed by atoms with Crippen molar-refractivity contribution in [3.8, 4) is 11.5 Å². The van der Waals surface area contributed by atoms with Crippen molar-refractivity contribution in [2.75, 3.05) is 50.1 Å². The Morgan fingerprint density at radius 3 is 2.33 bits per heavy atom. The molecule has 0 atom stereocenters. The van der Waals surface area contributed by atoms with E-state index in [2.05, 4.69) is 10.2 Å². The molecule has 0 aliphatic carbocycles. The monoisotopic (exact) mass is 507 g/mol. The molecule has 0 bridgehead atoms. The zero-order chi connectivity index (χ0) is 25.7. The van der Waals surface area contributed by atoms with E-state index in [1.807, 2.05) is 55.1 Å². The van der Waals surface area contributed by atoms with Crippen molar-refractivity contribution >= 4 is 34.5 Å². The van der Waals surface area contributed by atoms with Crippen LogP contribution >= 0.6 is 12.2 Å². The lowest BCUT2D eigenvalue weighted by molar-refractivity contribution is -0.118. The molecule has 0 spiro atoms. The lowest BCUT2D eigenvalue weighted by Gasteiger charge is -2.37. The van der Waals surface area contributed by atoms with Crippen molar-refractivity contribution in [1.82, 2.24) is 4.90 Å². The maximum absolute atomic E-state index is 14.1. The molecule has 1 saturated heterocycles. The Hall–Kier alpha value is -3.65. The maximum atomic E-state index is 14.1. The molecule has 188 valence electrons. The van der Waals surface area contributed by atoms with Crippen molar-refractivity contribution in [3.63, 3.8) is 0 Å². The van der Waals surface area contributed by atoms with Gasteiger partial charge in [0.25, 0.3) is 5.91 Å². The van der Waals surface area contributed by atoms with Crippen LogP contribution in [0.3, 0.4) is 0 Å². The van der Waals surface area contributed by atoms with Gasteiger partial charge >= 0.3 is 0 Å². The van der Waals surface area contributed by atoms with E-state index >= 15 is 0 Å². The van der Waals surface area contributed by atoms with Crippen molar-refractivity contribution < 1.29 is 18.7 Å². The first-order valence-corrected chi connectivity index (χ1v) is 12.2. The predicted molar refractivity (Wildman–Crippen MR) is 145 cm³/mol. The topological polar surface area (TPSA) is 54.0 Å². The molecule has 0 aromatic heterocycles. The summed E-state index contributed by atoms with van der Waals surface area (Å²) in [4.78, 5) is 17.3. The second-order valence-electron chi connectivity index (χ2n) is 8.81. The van der Waals surface area contributed by atoms with Gasteiger partial charge in [-0.25, -0.2) is 4.39 Å². The molecular weight excluding hydrogens is 477 g/mol. The van der Waals surface area contributed by atoms with E-state index in [0.717, 1.165) is 22.4 Å². The summed E-state index contributed by atoms with van der Waals surface area (Å²) in [5, 5.41) is 2.86. The standard InChI is InChI=1S/C28H30FN3O3S/c1-19-14-20(2)16-22(15-19)30-27(33)18-35-25-9-8-21(17-26(25)34-3)28(36)32-12-10-31(11-13-32)24-7-5-4-6-23(24)29/h4-9,14-17H,10-13,18H2,1-3H3,(H,30,33). The molecule has 0 saturated carbocycles. The molecule has 3 aromatic rings. The van der Waals surface area contributed by atoms with Crippen LogP contribution in [-0.2, 0) is 4.79 Å². The Balaban J connectivity index is 1.35. The molecule has 1 heterocycles. The molecule has 0 radical (unpaired) electrons. The van der Waals surface area contributed by atoms with Crippen molar-refractivity contribution in [3.05, 3.63) is 83.2 Å². The van der Waals surface area contributed by atoms with Crippen LogP contribution in [0, 0.1) is 19.7 Å². The molecule has 1 amide bonds. The molecule has 1 aliphatic heterocycles. The number of methoxy groups -OCH3 is 1. The molecule has 1 aliphatic rings. The van der Waals surface area contributed by atoms with Gasteiger partial charge in [-0.05, 0) is 67.4 Å². The number of amides is 1. The highest BCUT2D eigenvalue weighted by Gasteiger charge is 2.22. The quantitative estimate of drug-likeness (QED) is 0.456. The lowest BCUT2D eigenvalue weighted by atomic mass is 10.1. The lowest BCUT2D eigenvalue weighted by Crippen LogP contribution is -2.48. The normalized spacial score (nSPS) is 13.3. The fraction of sp³-hybridized carbons (Fsp3) is 0.286. The summed E-state index contributed by atoms with van der Waals surface area (Å²) in [5.41, 5.74) is 4.34. The second-order valence-corrected chi connectivity index (χ2v) is 9.20. The fourth-order valence-corrected chi connectivity index (χ4v) is 4.66. The third-order valence-electron chi connectivity index (χ3n) is 6.03. The number of thiocarbonyl (C=S) groups is 1. The van der Waals surface area contributed by atoms with Gasteiger partial charge in [0, 0.05) is 37.4 Å². The van der Waals surface area contributed by atoms with Gasteiger partial charge in [-0.3, -0.25) is 4.79 Å². The van der Waals surface area contributed by atoms with Gasteiger partial charge in [0.05, 0.1) is 12.8 Å². The van der Waals surface area contributed by atoms with Gasteiger partial charge in [-0.15, -0.1) is 0 Å². The third kappa shape index (κ3) is 6.12. The Labute approximate surface area is 216 Å². The number of aryl methyl sites for hydroxylation is 2. The minimum absolute atomic E-state index is 0.148. The van der Waals surface area contributed by atoms with E-state index in [1.165, 1.54) is 6.07 Å². The number of benzene rings is 3. The minimum atomic E-state index is -0.255. The van der Waals surface area contributed by atoms with Crippen LogP contribution in [-0.4, -0.2) is 55.7 Å². The Bertz CT molecular complexity index is 1240. The molecule has 6 nitrogen and oxygen atoms in total. The number of nitrogens with zero attached hydrogens (tertiary/aromatic N) is 2. The number of halogens is 1. The first-order chi connectivity index (χ1) is 17.3. The van der Waals surface area contributed by atoms with Crippen LogP contribution in [0.2, 0.25) is 0 Å². The number of ether oxygens (including phenoxy) is 2. The third-order valence-corrected chi connectivity index (χ3v) is 6.53. The number of carbonyl (C=O) groups is 1. The average Bonchev–Trinajstić information content (AvgIpc) is 2.87. The summed E-state index contributed by atoms with van der Waals surface area (Å²) >= 11 is 5.75. The van der Waals surface area contributed by atoms with Gasteiger partial charge in [-0.2, -0.15) is 0 Å². The zero-order valence-corrected chi connectivity index (χ0v) is 21.5. The molecule has 1 N–H and O–H groups in total. The van der Waals surface area contributed by atoms with E-state index in [1.54, 1.807) is 25.3 Å². The van der Waals surface area contributed by atoms with Crippen molar-refractivity contribution in [1.29, 1.82) is 0 Å². The van der Waals surface area contributed by atoms with E-state index in [4.69, 9.17) is 21.7 Å². The maximum Gasteiger partial charge on any atom is 0.262 e. The molecule has 1 fully saturated rings. The van der Waals surface area contributed by atoms with Crippen LogP contribution in [0.5, 0.6) is 11.5 Å².